The minimum atomic E-state index is 0.00798. The van der Waals surface area contributed by atoms with Gasteiger partial charge in [0.05, 0.1) is 0 Å². The van der Waals surface area contributed by atoms with Crippen molar-refractivity contribution < 1.29 is 14.3 Å². The summed E-state index contributed by atoms with van der Waals surface area (Å²) in [7, 11) is 0. The number of rotatable bonds is 4. The molecule has 4 nitrogen and oxygen atoms in total. The number of hydrogen-bond donors (Lipinski definition) is 0. The van der Waals surface area contributed by atoms with E-state index in [4.69, 9.17) is 32.7 Å². The van der Waals surface area contributed by atoms with Gasteiger partial charge in [-0.25, -0.2) is 0 Å². The highest BCUT2D eigenvalue weighted by atomic mass is 35.5. The molecule has 0 saturated carbocycles. The highest BCUT2D eigenvalue weighted by Crippen LogP contribution is 2.33. The molecule has 1 saturated heterocycles. The van der Waals surface area contributed by atoms with Crippen LogP contribution in [0.3, 0.4) is 0 Å². The molecule has 27 heavy (non-hydrogen) atoms. The summed E-state index contributed by atoms with van der Waals surface area (Å²) in [5.41, 5.74) is 1.83. The molecular weight excluding hydrogens is 385 g/mol. The minimum Gasteiger partial charge on any atom is -0.454 e. The molecule has 0 aliphatic carbocycles. The quantitative estimate of drug-likeness (QED) is 0.700. The Hall–Kier alpha value is -1.91. The summed E-state index contributed by atoms with van der Waals surface area (Å²) in [5.74, 6) is 2.30. The van der Waals surface area contributed by atoms with E-state index in [1.165, 1.54) is 5.56 Å². The maximum Gasteiger partial charge on any atom is 0.253 e. The van der Waals surface area contributed by atoms with Crippen LogP contribution >= 0.6 is 23.2 Å². The molecule has 1 amide bonds. The zero-order valence-electron chi connectivity index (χ0n) is 14.9. The first kappa shape index (κ1) is 18.5. The van der Waals surface area contributed by atoms with Gasteiger partial charge in [-0.3, -0.25) is 4.79 Å². The summed E-state index contributed by atoms with van der Waals surface area (Å²) in [5, 5.41) is 0.980. The highest BCUT2D eigenvalue weighted by molar-refractivity contribution is 6.35. The summed E-state index contributed by atoms with van der Waals surface area (Å²) in [6, 6.07) is 11.2. The summed E-state index contributed by atoms with van der Waals surface area (Å²) in [6.07, 6.45) is 4.17. The van der Waals surface area contributed by atoms with Crippen LogP contribution in [-0.4, -0.2) is 30.7 Å². The van der Waals surface area contributed by atoms with Gasteiger partial charge in [-0.2, -0.15) is 0 Å². The van der Waals surface area contributed by atoms with E-state index in [2.05, 4.69) is 12.1 Å². The Bertz CT molecular complexity index is 827. The fourth-order valence-corrected chi connectivity index (χ4v) is 4.28. The molecule has 2 heterocycles. The van der Waals surface area contributed by atoms with Crippen LogP contribution < -0.4 is 9.47 Å². The van der Waals surface area contributed by atoms with Crippen LogP contribution in [-0.2, 0) is 6.42 Å². The van der Waals surface area contributed by atoms with Crippen molar-refractivity contribution in [2.45, 2.75) is 25.7 Å². The molecule has 2 aliphatic rings. The SMILES string of the molecule is O=C(c1cc(Cl)cc(Cl)c1)N1CCC(CCc2ccc3c(c2)OCO3)CC1. The van der Waals surface area contributed by atoms with Crippen LogP contribution in [0.25, 0.3) is 0 Å². The third-order valence-electron chi connectivity index (χ3n) is 5.29. The van der Waals surface area contributed by atoms with Crippen LogP contribution in [0, 0.1) is 5.92 Å². The van der Waals surface area contributed by atoms with Crippen LogP contribution in [0.15, 0.2) is 36.4 Å². The summed E-state index contributed by atoms with van der Waals surface area (Å²) in [4.78, 5) is 14.6. The van der Waals surface area contributed by atoms with Crippen LogP contribution in [0.2, 0.25) is 10.0 Å². The van der Waals surface area contributed by atoms with Crippen molar-refractivity contribution in [3.63, 3.8) is 0 Å². The number of hydrogen-bond acceptors (Lipinski definition) is 3. The van der Waals surface area contributed by atoms with Crippen LogP contribution in [0.1, 0.15) is 35.2 Å². The van der Waals surface area contributed by atoms with Gasteiger partial charge >= 0.3 is 0 Å². The first-order valence-electron chi connectivity index (χ1n) is 9.22. The van der Waals surface area contributed by atoms with Gasteiger partial charge in [0, 0.05) is 28.7 Å². The molecule has 0 radical (unpaired) electrons. The lowest BCUT2D eigenvalue weighted by molar-refractivity contribution is 0.0687. The lowest BCUT2D eigenvalue weighted by atomic mass is 9.90. The standard InChI is InChI=1S/C21H21Cl2NO3/c22-17-10-16(11-18(23)12-17)21(25)24-7-5-14(6-8-24)1-2-15-3-4-19-20(9-15)27-13-26-19/h3-4,9-12,14H,1-2,5-8,13H2. The number of likely N-dealkylation sites (tertiary alicyclic amines) is 1. The van der Waals surface area contributed by atoms with E-state index < -0.39 is 0 Å². The number of piperidine rings is 1. The third kappa shape index (κ3) is 4.33. The molecule has 0 atom stereocenters. The van der Waals surface area contributed by atoms with Crippen LogP contribution in [0.5, 0.6) is 11.5 Å². The van der Waals surface area contributed by atoms with Gasteiger partial charge in [0.1, 0.15) is 0 Å². The van der Waals surface area contributed by atoms with E-state index in [0.717, 1.165) is 50.3 Å². The normalized spacial score (nSPS) is 16.6. The maximum atomic E-state index is 12.7. The van der Waals surface area contributed by atoms with Crippen molar-refractivity contribution >= 4 is 29.1 Å². The lowest BCUT2D eigenvalue weighted by Gasteiger charge is -2.32. The Morgan fingerprint density at radius 3 is 2.44 bits per heavy atom. The summed E-state index contributed by atoms with van der Waals surface area (Å²) in [6.45, 7) is 1.85. The average Bonchev–Trinajstić information content (AvgIpc) is 3.13. The van der Waals surface area contributed by atoms with Gasteiger partial charge < -0.3 is 14.4 Å². The van der Waals surface area contributed by atoms with Crippen molar-refractivity contribution in [3.8, 4) is 11.5 Å². The number of ether oxygens (including phenoxy) is 2. The molecule has 0 aromatic heterocycles. The number of benzene rings is 2. The summed E-state index contributed by atoms with van der Waals surface area (Å²) < 4.78 is 10.8. The van der Waals surface area contributed by atoms with Gasteiger partial charge in [-0.05, 0) is 67.5 Å². The first-order valence-corrected chi connectivity index (χ1v) is 9.98. The summed E-state index contributed by atoms with van der Waals surface area (Å²) >= 11 is 12.0. The number of amides is 1. The molecule has 4 rings (SSSR count). The molecule has 2 aromatic carbocycles. The molecule has 2 aliphatic heterocycles. The number of nitrogens with zero attached hydrogens (tertiary/aromatic N) is 1. The highest BCUT2D eigenvalue weighted by Gasteiger charge is 2.24. The molecule has 142 valence electrons. The van der Waals surface area contributed by atoms with E-state index in [9.17, 15) is 4.79 Å². The van der Waals surface area contributed by atoms with E-state index in [0.29, 0.717) is 28.3 Å². The van der Waals surface area contributed by atoms with Crippen molar-refractivity contribution in [2.24, 2.45) is 5.92 Å². The predicted octanol–water partition coefficient (Wildman–Crippen LogP) is 5.21. The van der Waals surface area contributed by atoms with Gasteiger partial charge in [0.2, 0.25) is 6.79 Å². The van der Waals surface area contributed by atoms with E-state index >= 15 is 0 Å². The smallest absolute Gasteiger partial charge is 0.253 e. The van der Waals surface area contributed by atoms with Gasteiger partial charge in [-0.1, -0.05) is 29.3 Å². The fourth-order valence-electron chi connectivity index (χ4n) is 3.75. The molecule has 0 N–H and O–H groups in total. The largest absolute Gasteiger partial charge is 0.454 e. The first-order chi connectivity index (χ1) is 13.1. The zero-order chi connectivity index (χ0) is 18.8. The van der Waals surface area contributed by atoms with Crippen molar-refractivity contribution in [1.29, 1.82) is 0 Å². The Balaban J connectivity index is 1.29. The molecule has 2 aromatic rings. The monoisotopic (exact) mass is 405 g/mol. The second-order valence-electron chi connectivity index (χ2n) is 7.12. The zero-order valence-corrected chi connectivity index (χ0v) is 16.4. The molecule has 6 heteroatoms. The Kier molecular flexibility index (Phi) is 5.46. The lowest BCUT2D eigenvalue weighted by Crippen LogP contribution is -2.38. The molecule has 0 spiro atoms. The molecule has 1 fully saturated rings. The van der Waals surface area contributed by atoms with Crippen molar-refractivity contribution in [2.75, 3.05) is 19.9 Å². The maximum absolute atomic E-state index is 12.7. The fraction of sp³-hybridized carbons (Fsp3) is 0.381. The Labute approximate surface area is 169 Å². The second kappa shape index (κ2) is 7.99. The molecule has 0 unspecified atom stereocenters. The Morgan fingerprint density at radius 2 is 1.70 bits per heavy atom. The van der Waals surface area contributed by atoms with E-state index in [1.54, 1.807) is 18.2 Å². The third-order valence-corrected chi connectivity index (χ3v) is 5.73. The van der Waals surface area contributed by atoms with Gasteiger partial charge in [0.15, 0.2) is 11.5 Å². The van der Waals surface area contributed by atoms with Crippen molar-refractivity contribution in [1.82, 2.24) is 4.90 Å². The number of aryl methyl sites for hydroxylation is 1. The number of carbonyl (C=O) groups is 1. The van der Waals surface area contributed by atoms with E-state index in [1.807, 2.05) is 11.0 Å². The number of fused-ring (bicyclic) bond motifs is 1. The van der Waals surface area contributed by atoms with Gasteiger partial charge in [0.25, 0.3) is 5.91 Å². The Morgan fingerprint density at radius 1 is 1.00 bits per heavy atom. The van der Waals surface area contributed by atoms with E-state index in [-0.39, 0.29) is 5.91 Å². The second-order valence-corrected chi connectivity index (χ2v) is 7.99. The van der Waals surface area contributed by atoms with Crippen LogP contribution in [0.4, 0.5) is 0 Å². The topological polar surface area (TPSA) is 38.8 Å². The number of halogens is 2. The van der Waals surface area contributed by atoms with Crippen molar-refractivity contribution in [3.05, 3.63) is 57.6 Å². The average molecular weight is 406 g/mol. The molecule has 0 bridgehead atoms. The predicted molar refractivity (Wildman–Crippen MR) is 106 cm³/mol. The number of carbonyl (C=O) groups excluding carboxylic acids is 1. The van der Waals surface area contributed by atoms with Gasteiger partial charge in [-0.15, -0.1) is 0 Å². The molecular formula is C21H21Cl2NO3. The minimum absolute atomic E-state index is 0.00798.